The number of anilines is 1. The van der Waals surface area contributed by atoms with Gasteiger partial charge in [0.2, 0.25) is 5.91 Å². The van der Waals surface area contributed by atoms with Crippen molar-refractivity contribution in [2.24, 2.45) is 0 Å². The van der Waals surface area contributed by atoms with Gasteiger partial charge >= 0.3 is 0 Å². The van der Waals surface area contributed by atoms with Crippen LogP contribution < -0.4 is 4.90 Å². The molecule has 0 saturated heterocycles. The van der Waals surface area contributed by atoms with Crippen LogP contribution in [-0.2, 0) is 11.3 Å². The van der Waals surface area contributed by atoms with Crippen molar-refractivity contribution in [1.82, 2.24) is 15.1 Å². The first-order valence-corrected chi connectivity index (χ1v) is 7.45. The molecular weight excluding hydrogens is 276 g/mol. The molecule has 22 heavy (non-hydrogen) atoms. The van der Waals surface area contributed by atoms with Gasteiger partial charge in [0.15, 0.2) is 0 Å². The molecule has 1 aliphatic rings. The molecule has 5 nitrogen and oxygen atoms in total. The van der Waals surface area contributed by atoms with Gasteiger partial charge in [0.25, 0.3) is 0 Å². The van der Waals surface area contributed by atoms with Gasteiger partial charge in [0.1, 0.15) is 0 Å². The molecule has 5 heteroatoms. The molecule has 1 aromatic carbocycles. The molecule has 0 fully saturated rings. The number of hydrogen-bond acceptors (Lipinski definition) is 4. The second kappa shape index (κ2) is 5.85. The largest absolute Gasteiger partial charge is 0.311 e. The third-order valence-corrected chi connectivity index (χ3v) is 3.99. The number of fused-ring (bicyclic) bond motifs is 1. The molecule has 0 saturated carbocycles. The van der Waals surface area contributed by atoms with Crippen LogP contribution in [0.2, 0.25) is 0 Å². The Morgan fingerprint density at radius 3 is 2.64 bits per heavy atom. The maximum absolute atomic E-state index is 11.9. The molecule has 1 amide bonds. The molecule has 2 aromatic rings. The first-order valence-electron chi connectivity index (χ1n) is 7.45. The van der Waals surface area contributed by atoms with Crippen LogP contribution in [0.15, 0.2) is 30.3 Å². The smallest absolute Gasteiger partial charge is 0.223 e. The van der Waals surface area contributed by atoms with Crippen LogP contribution in [0.4, 0.5) is 5.69 Å². The van der Waals surface area contributed by atoms with E-state index in [1.54, 1.807) is 6.92 Å². The summed E-state index contributed by atoms with van der Waals surface area (Å²) in [5, 5.41) is 8.37. The van der Waals surface area contributed by atoms with E-state index in [9.17, 15) is 4.79 Å². The fourth-order valence-electron chi connectivity index (χ4n) is 2.78. The van der Waals surface area contributed by atoms with Crippen LogP contribution in [0.5, 0.6) is 0 Å². The number of hydrogen-bond donors (Lipinski definition) is 0. The molecule has 0 N–H and O–H groups in total. The van der Waals surface area contributed by atoms with Crippen LogP contribution in [0.1, 0.15) is 18.2 Å². The topological polar surface area (TPSA) is 49.3 Å². The highest BCUT2D eigenvalue weighted by molar-refractivity contribution is 5.93. The standard InChI is InChI=1S/C17H20N4O/c1-12-4-6-16(19-18-12)14-5-7-17-15(10-14)11-20(3)8-9-21(17)13(2)22/h4-7,10H,8-9,11H2,1-3H3. The molecule has 0 aliphatic carbocycles. The Hall–Kier alpha value is -2.27. The average Bonchev–Trinajstić information content (AvgIpc) is 2.65. The number of nitrogens with zero attached hydrogens (tertiary/aromatic N) is 4. The van der Waals surface area contributed by atoms with Gasteiger partial charge in [-0.1, -0.05) is 6.07 Å². The number of rotatable bonds is 1. The van der Waals surface area contributed by atoms with Crippen molar-refractivity contribution < 1.29 is 4.79 Å². The van der Waals surface area contributed by atoms with E-state index in [-0.39, 0.29) is 5.91 Å². The second-order valence-electron chi connectivity index (χ2n) is 5.81. The van der Waals surface area contributed by atoms with Gasteiger partial charge in [-0.15, -0.1) is 0 Å². The summed E-state index contributed by atoms with van der Waals surface area (Å²) in [6.07, 6.45) is 0. The summed E-state index contributed by atoms with van der Waals surface area (Å²) in [4.78, 5) is 16.0. The molecule has 114 valence electrons. The Morgan fingerprint density at radius 1 is 1.14 bits per heavy atom. The summed E-state index contributed by atoms with van der Waals surface area (Å²) in [7, 11) is 2.08. The fourth-order valence-corrected chi connectivity index (χ4v) is 2.78. The number of benzene rings is 1. The van der Waals surface area contributed by atoms with Crippen molar-refractivity contribution in [3.63, 3.8) is 0 Å². The predicted octanol–water partition coefficient (Wildman–Crippen LogP) is 2.25. The number of aryl methyl sites for hydroxylation is 1. The molecule has 0 bridgehead atoms. The van der Waals surface area contributed by atoms with E-state index in [0.717, 1.165) is 47.8 Å². The van der Waals surface area contributed by atoms with Crippen LogP contribution in [0.3, 0.4) is 0 Å². The molecular formula is C17H20N4O. The number of amides is 1. The average molecular weight is 296 g/mol. The Bertz CT molecular complexity index is 696. The second-order valence-corrected chi connectivity index (χ2v) is 5.81. The van der Waals surface area contributed by atoms with Crippen molar-refractivity contribution in [3.8, 4) is 11.3 Å². The number of aromatic nitrogens is 2. The van der Waals surface area contributed by atoms with Gasteiger partial charge in [-0.05, 0) is 43.8 Å². The summed E-state index contributed by atoms with van der Waals surface area (Å²) < 4.78 is 0. The van der Waals surface area contributed by atoms with E-state index in [1.807, 2.05) is 36.1 Å². The van der Waals surface area contributed by atoms with Crippen molar-refractivity contribution in [2.75, 3.05) is 25.0 Å². The highest BCUT2D eigenvalue weighted by atomic mass is 16.2. The Balaban J connectivity index is 2.04. The van der Waals surface area contributed by atoms with Gasteiger partial charge in [-0.3, -0.25) is 4.79 Å². The zero-order valence-corrected chi connectivity index (χ0v) is 13.2. The first-order chi connectivity index (χ1) is 10.5. The minimum absolute atomic E-state index is 0.0828. The molecule has 0 atom stereocenters. The van der Waals surface area contributed by atoms with Crippen molar-refractivity contribution in [1.29, 1.82) is 0 Å². The lowest BCUT2D eigenvalue weighted by molar-refractivity contribution is -0.116. The van der Waals surface area contributed by atoms with E-state index in [4.69, 9.17) is 0 Å². The van der Waals surface area contributed by atoms with Crippen molar-refractivity contribution in [3.05, 3.63) is 41.6 Å². The van der Waals surface area contributed by atoms with Crippen LogP contribution in [0, 0.1) is 6.92 Å². The lowest BCUT2D eigenvalue weighted by atomic mass is 10.0. The molecule has 0 radical (unpaired) electrons. The maximum Gasteiger partial charge on any atom is 0.223 e. The summed E-state index contributed by atoms with van der Waals surface area (Å²) >= 11 is 0. The molecule has 0 unspecified atom stereocenters. The van der Waals surface area contributed by atoms with Crippen LogP contribution >= 0.6 is 0 Å². The Labute approximate surface area is 130 Å². The molecule has 0 spiro atoms. The lowest BCUT2D eigenvalue weighted by Crippen LogP contribution is -2.33. The van der Waals surface area contributed by atoms with Gasteiger partial charge in [0, 0.05) is 37.8 Å². The number of carbonyl (C=O) groups is 1. The lowest BCUT2D eigenvalue weighted by Gasteiger charge is -2.21. The quantitative estimate of drug-likeness (QED) is 0.810. The fraction of sp³-hybridized carbons (Fsp3) is 0.353. The van der Waals surface area contributed by atoms with Gasteiger partial charge in [0.05, 0.1) is 11.4 Å². The third kappa shape index (κ3) is 2.85. The number of likely N-dealkylation sites (N-methyl/N-ethyl adjacent to an activating group) is 1. The minimum Gasteiger partial charge on any atom is -0.311 e. The maximum atomic E-state index is 11.9. The summed E-state index contributed by atoms with van der Waals surface area (Å²) in [6, 6.07) is 10.1. The monoisotopic (exact) mass is 296 g/mol. The van der Waals surface area contributed by atoms with Crippen molar-refractivity contribution >= 4 is 11.6 Å². The highest BCUT2D eigenvalue weighted by Gasteiger charge is 2.21. The number of carbonyl (C=O) groups excluding carboxylic acids is 1. The highest BCUT2D eigenvalue weighted by Crippen LogP contribution is 2.29. The van der Waals surface area contributed by atoms with E-state index >= 15 is 0 Å². The van der Waals surface area contributed by atoms with Crippen LogP contribution in [-0.4, -0.2) is 41.1 Å². The third-order valence-electron chi connectivity index (χ3n) is 3.99. The van der Waals surface area contributed by atoms with E-state index in [0.29, 0.717) is 0 Å². The summed E-state index contributed by atoms with van der Waals surface area (Å²) in [5.74, 6) is 0.0828. The zero-order valence-electron chi connectivity index (χ0n) is 13.2. The predicted molar refractivity (Wildman–Crippen MR) is 86.6 cm³/mol. The van der Waals surface area contributed by atoms with E-state index < -0.39 is 0 Å². The Kier molecular flexibility index (Phi) is 3.90. The summed E-state index contributed by atoms with van der Waals surface area (Å²) in [5.41, 5.74) is 4.94. The summed E-state index contributed by atoms with van der Waals surface area (Å²) in [6.45, 7) is 5.96. The van der Waals surface area contributed by atoms with Gasteiger partial charge in [-0.25, -0.2) is 0 Å². The molecule has 1 aromatic heterocycles. The molecule has 3 rings (SSSR count). The molecule has 2 heterocycles. The van der Waals surface area contributed by atoms with Crippen molar-refractivity contribution in [2.45, 2.75) is 20.4 Å². The molecule has 1 aliphatic heterocycles. The van der Waals surface area contributed by atoms with E-state index in [2.05, 4.69) is 28.2 Å². The normalized spacial score (nSPS) is 15.3. The van der Waals surface area contributed by atoms with Gasteiger partial charge in [-0.2, -0.15) is 10.2 Å². The SMILES string of the molecule is CC(=O)N1CCN(C)Cc2cc(-c3ccc(C)nn3)ccc21. The van der Waals surface area contributed by atoms with Crippen LogP contribution in [0.25, 0.3) is 11.3 Å². The van der Waals surface area contributed by atoms with Gasteiger partial charge < -0.3 is 9.80 Å². The van der Waals surface area contributed by atoms with E-state index in [1.165, 1.54) is 0 Å². The minimum atomic E-state index is 0.0828. The zero-order chi connectivity index (χ0) is 15.7. The Morgan fingerprint density at radius 2 is 1.95 bits per heavy atom. The first kappa shape index (κ1) is 14.7.